The number of amides is 1. The highest BCUT2D eigenvalue weighted by atomic mass is 19.1. The van der Waals surface area contributed by atoms with Crippen molar-refractivity contribution < 1.29 is 14.0 Å². The van der Waals surface area contributed by atoms with Gasteiger partial charge in [-0.25, -0.2) is 14.4 Å². The molecule has 0 aliphatic rings. The molecule has 0 bridgehead atoms. The van der Waals surface area contributed by atoms with Crippen molar-refractivity contribution in [2.45, 2.75) is 20.3 Å². The van der Waals surface area contributed by atoms with E-state index < -0.39 is 17.5 Å². The Morgan fingerprint density at radius 1 is 1.33 bits per heavy atom. The topological polar surface area (TPSA) is 90.9 Å². The van der Waals surface area contributed by atoms with Crippen LogP contribution in [0.4, 0.5) is 4.39 Å². The summed E-state index contributed by atoms with van der Waals surface area (Å²) in [5.74, 6) is -1.77. The SMILES string of the molecule is CCc1c(C(=O)C(N)=O)c2cnc(C)nc2n1-c1cccc(F)c1. The second kappa shape index (κ2) is 5.84. The van der Waals surface area contributed by atoms with Gasteiger partial charge in [-0.1, -0.05) is 13.0 Å². The van der Waals surface area contributed by atoms with E-state index in [1.165, 1.54) is 18.3 Å². The van der Waals surface area contributed by atoms with Gasteiger partial charge >= 0.3 is 0 Å². The molecule has 0 fully saturated rings. The van der Waals surface area contributed by atoms with Gasteiger partial charge in [0.05, 0.1) is 11.3 Å². The number of benzene rings is 1. The maximum atomic E-state index is 13.7. The number of ketones is 1. The quantitative estimate of drug-likeness (QED) is 0.587. The average molecular weight is 326 g/mol. The summed E-state index contributed by atoms with van der Waals surface area (Å²) in [6, 6.07) is 5.95. The van der Waals surface area contributed by atoms with Crippen molar-refractivity contribution in [3.8, 4) is 5.69 Å². The van der Waals surface area contributed by atoms with Gasteiger partial charge < -0.3 is 5.73 Å². The monoisotopic (exact) mass is 326 g/mol. The summed E-state index contributed by atoms with van der Waals surface area (Å²) in [6.45, 7) is 3.55. The Hall–Kier alpha value is -3.09. The summed E-state index contributed by atoms with van der Waals surface area (Å²) in [5.41, 5.74) is 6.85. The Balaban J connectivity index is 2.46. The normalized spacial score (nSPS) is 11.0. The van der Waals surface area contributed by atoms with Gasteiger partial charge in [0.2, 0.25) is 0 Å². The highest BCUT2D eigenvalue weighted by Crippen LogP contribution is 2.29. The van der Waals surface area contributed by atoms with Crippen LogP contribution in [0.25, 0.3) is 16.7 Å². The summed E-state index contributed by atoms with van der Waals surface area (Å²) in [5, 5.41) is 0.422. The molecule has 1 amide bonds. The number of hydrogen-bond donors (Lipinski definition) is 1. The zero-order valence-corrected chi connectivity index (χ0v) is 13.2. The molecule has 0 unspecified atom stereocenters. The molecular weight excluding hydrogens is 311 g/mol. The van der Waals surface area contributed by atoms with Crippen LogP contribution in [0.1, 0.15) is 28.8 Å². The van der Waals surface area contributed by atoms with Crippen molar-refractivity contribution in [3.05, 3.63) is 53.4 Å². The van der Waals surface area contributed by atoms with Gasteiger partial charge in [-0.15, -0.1) is 0 Å². The molecule has 6 nitrogen and oxygen atoms in total. The highest BCUT2D eigenvalue weighted by molar-refractivity contribution is 6.44. The molecule has 0 aliphatic carbocycles. The van der Waals surface area contributed by atoms with Crippen LogP contribution in [0.2, 0.25) is 0 Å². The molecule has 0 spiro atoms. The minimum atomic E-state index is -1.05. The third-order valence-corrected chi connectivity index (χ3v) is 3.78. The molecule has 1 aromatic carbocycles. The third-order valence-electron chi connectivity index (χ3n) is 3.78. The molecule has 2 N–H and O–H groups in total. The molecule has 0 radical (unpaired) electrons. The summed E-state index contributed by atoms with van der Waals surface area (Å²) in [4.78, 5) is 32.2. The first-order chi connectivity index (χ1) is 11.4. The number of carbonyl (C=O) groups excluding carboxylic acids is 2. The molecule has 24 heavy (non-hydrogen) atoms. The van der Waals surface area contributed by atoms with Crippen LogP contribution in [-0.2, 0) is 11.2 Å². The van der Waals surface area contributed by atoms with Gasteiger partial charge in [-0.2, -0.15) is 0 Å². The van der Waals surface area contributed by atoms with Gasteiger partial charge in [-0.3, -0.25) is 14.2 Å². The lowest BCUT2D eigenvalue weighted by molar-refractivity contribution is -0.114. The number of aromatic nitrogens is 3. The van der Waals surface area contributed by atoms with Crippen LogP contribution >= 0.6 is 0 Å². The van der Waals surface area contributed by atoms with Crippen molar-refractivity contribution >= 4 is 22.7 Å². The van der Waals surface area contributed by atoms with Crippen LogP contribution in [-0.4, -0.2) is 26.2 Å². The number of nitrogens with two attached hydrogens (primary N) is 1. The first kappa shape index (κ1) is 15.8. The summed E-state index contributed by atoms with van der Waals surface area (Å²) >= 11 is 0. The molecule has 0 aliphatic heterocycles. The number of nitrogens with zero attached hydrogens (tertiary/aromatic N) is 3. The predicted molar refractivity (Wildman–Crippen MR) is 86.5 cm³/mol. The van der Waals surface area contributed by atoms with Crippen LogP contribution in [0.5, 0.6) is 0 Å². The molecule has 7 heteroatoms. The number of rotatable bonds is 4. The van der Waals surface area contributed by atoms with Crippen molar-refractivity contribution in [1.82, 2.24) is 14.5 Å². The van der Waals surface area contributed by atoms with Crippen molar-refractivity contribution in [1.29, 1.82) is 0 Å². The fourth-order valence-corrected chi connectivity index (χ4v) is 2.80. The van der Waals surface area contributed by atoms with Gasteiger partial charge in [0, 0.05) is 17.3 Å². The zero-order valence-electron chi connectivity index (χ0n) is 13.2. The Morgan fingerprint density at radius 3 is 2.71 bits per heavy atom. The second-order valence-corrected chi connectivity index (χ2v) is 5.34. The lowest BCUT2D eigenvalue weighted by Gasteiger charge is -2.10. The zero-order chi connectivity index (χ0) is 17.4. The molecular formula is C17H15FN4O2. The Labute approximate surface area is 137 Å². The fraction of sp³-hybridized carbons (Fsp3) is 0.176. The van der Waals surface area contributed by atoms with Gasteiger partial charge in [0.1, 0.15) is 17.3 Å². The van der Waals surface area contributed by atoms with E-state index >= 15 is 0 Å². The summed E-state index contributed by atoms with van der Waals surface area (Å²) < 4.78 is 15.3. The third kappa shape index (κ3) is 2.44. The predicted octanol–water partition coefficient (Wildman–Crippen LogP) is 2.10. The summed E-state index contributed by atoms with van der Waals surface area (Å²) in [6.07, 6.45) is 1.92. The van der Waals surface area contributed by atoms with Crippen molar-refractivity contribution in [3.63, 3.8) is 0 Å². The smallest absolute Gasteiger partial charge is 0.289 e. The number of fused-ring (bicyclic) bond motifs is 1. The van der Waals surface area contributed by atoms with Gasteiger partial charge in [0.25, 0.3) is 11.7 Å². The molecule has 2 heterocycles. The number of hydrogen-bond acceptors (Lipinski definition) is 4. The molecule has 3 rings (SSSR count). The highest BCUT2D eigenvalue weighted by Gasteiger charge is 2.26. The second-order valence-electron chi connectivity index (χ2n) is 5.34. The molecule has 122 valence electrons. The fourth-order valence-electron chi connectivity index (χ4n) is 2.80. The van der Waals surface area contributed by atoms with E-state index in [0.29, 0.717) is 34.7 Å². The lowest BCUT2D eigenvalue weighted by Crippen LogP contribution is -2.24. The van der Waals surface area contributed by atoms with E-state index in [9.17, 15) is 14.0 Å². The molecule has 3 aromatic rings. The van der Waals surface area contributed by atoms with Gasteiger partial charge in [0.15, 0.2) is 0 Å². The Kier molecular flexibility index (Phi) is 3.84. The largest absolute Gasteiger partial charge is 0.363 e. The molecule has 2 aromatic heterocycles. The average Bonchev–Trinajstić information content (AvgIpc) is 2.87. The number of halogens is 1. The van der Waals surface area contributed by atoms with E-state index in [-0.39, 0.29) is 5.56 Å². The van der Waals surface area contributed by atoms with Crippen molar-refractivity contribution in [2.75, 3.05) is 0 Å². The first-order valence-corrected chi connectivity index (χ1v) is 7.41. The lowest BCUT2D eigenvalue weighted by atomic mass is 10.1. The van der Waals surface area contributed by atoms with E-state index in [1.807, 2.05) is 6.92 Å². The van der Waals surface area contributed by atoms with Crippen LogP contribution in [0, 0.1) is 12.7 Å². The molecule has 0 saturated carbocycles. The van der Waals surface area contributed by atoms with E-state index in [1.54, 1.807) is 23.6 Å². The van der Waals surface area contributed by atoms with Crippen LogP contribution in [0.15, 0.2) is 30.5 Å². The van der Waals surface area contributed by atoms with E-state index in [2.05, 4.69) is 9.97 Å². The van der Waals surface area contributed by atoms with E-state index in [4.69, 9.17) is 5.73 Å². The Bertz CT molecular complexity index is 978. The summed E-state index contributed by atoms with van der Waals surface area (Å²) in [7, 11) is 0. The minimum absolute atomic E-state index is 0.171. The van der Waals surface area contributed by atoms with E-state index in [0.717, 1.165) is 0 Å². The van der Waals surface area contributed by atoms with Gasteiger partial charge in [-0.05, 0) is 31.5 Å². The van der Waals surface area contributed by atoms with Crippen LogP contribution < -0.4 is 5.73 Å². The number of Topliss-reactive ketones (excluding diaryl/α,β-unsaturated/α-hetero) is 1. The first-order valence-electron chi connectivity index (χ1n) is 7.41. The maximum Gasteiger partial charge on any atom is 0.289 e. The number of carbonyl (C=O) groups is 2. The van der Waals surface area contributed by atoms with Crippen molar-refractivity contribution in [2.24, 2.45) is 5.73 Å². The number of primary amides is 1. The van der Waals surface area contributed by atoms with Crippen LogP contribution in [0.3, 0.4) is 0 Å². The molecule has 0 saturated heterocycles. The number of aryl methyl sites for hydroxylation is 1. The Morgan fingerprint density at radius 2 is 2.08 bits per heavy atom. The standard InChI is InChI=1S/C17H15FN4O2/c1-3-13-14(15(23)16(19)24)12-8-20-9(2)21-17(12)22(13)11-6-4-5-10(18)7-11/h4-8H,3H2,1-2H3,(H2,19,24). The minimum Gasteiger partial charge on any atom is -0.363 e. The molecule has 0 atom stereocenters. The maximum absolute atomic E-state index is 13.7.